The summed E-state index contributed by atoms with van der Waals surface area (Å²) < 4.78 is 38.8. The van der Waals surface area contributed by atoms with E-state index in [-0.39, 0.29) is 23.6 Å². The van der Waals surface area contributed by atoms with Crippen LogP contribution in [0, 0.1) is 49.4 Å². The molecule has 6 atom stereocenters. The van der Waals surface area contributed by atoms with E-state index in [4.69, 9.17) is 18.9 Å². The quantitative estimate of drug-likeness (QED) is 0.0211. The normalized spacial score (nSPS) is 14.3. The van der Waals surface area contributed by atoms with E-state index in [0.717, 1.165) is 144 Å². The number of aryl methyl sites for hydroxylation is 2. The van der Waals surface area contributed by atoms with Crippen molar-refractivity contribution in [1.82, 2.24) is 9.80 Å². The van der Waals surface area contributed by atoms with Crippen LogP contribution in [-0.2, 0) is 0 Å². The summed E-state index contributed by atoms with van der Waals surface area (Å²) in [5.41, 5.74) is 2.32. The zero-order chi connectivity index (χ0) is 101. The number of amides is 4. The number of fused-ring (bicyclic) bond motifs is 8. The standard InChI is InChI=1S/C58H85NO4S3.C38H54O2S2.C18H25Br2NO2S.6CH3.2Sn/c1-9-15-21-24-30-42(27-18-12-4)37-59-57(60)52-41(8)65-56(53(52)58(59)61)51-36-48-50(66-51)35-46-45(55(48)63-39-44(29-20-14-6)32-26-23-17-11-3)34-49-47(33-40(7)64-49)54(46)62-38-43(28-19-13-5)31-25-22-16-10-2;1-5-9-13-15-19-29(17-11-7-3)27-39-37-31-21-23-41-35(31)26-34-33(37)25-36-32(22-24-42-36)38(34)40-28-30(18-12-8-4)20-16-14-10-6-2;1-3-5-7-8-10-12(9-6-4-2)11-21-17(22)13-14(18(21)23)16(20)24-15(13)19;;;;;;;;/h33-36,42-44H,9-32,37-39H2,1-8H3;21-22,25-26,29-30H,5-20,27-28H2,1-4H3;12H,3-11H2,1-2H3;6*1H3;;. The molecule has 0 saturated carbocycles. The summed E-state index contributed by atoms with van der Waals surface area (Å²) in [5, 5.41) is 9.77. The predicted octanol–water partition coefficient (Wildman–Crippen LogP) is 40.6. The molecule has 0 N–H and O–H groups in total. The smallest absolute Gasteiger partial charge is 0.263 e. The molecular weight excluding hydrogens is 2190 g/mol. The number of carbonyl (C=O) groups excluding carboxylic acids is 4. The van der Waals surface area contributed by atoms with Crippen LogP contribution < -0.4 is 24.7 Å². The molecule has 2 aliphatic heterocycles. The van der Waals surface area contributed by atoms with Crippen molar-refractivity contribution in [1.29, 1.82) is 0 Å². The molecule has 0 spiro atoms. The second kappa shape index (κ2) is 61.1. The summed E-state index contributed by atoms with van der Waals surface area (Å²) in [7, 11) is 0. The number of nitrogens with zero attached hydrogens (tertiary/aromatic N) is 2. The van der Waals surface area contributed by atoms with Gasteiger partial charge in [0.25, 0.3) is 23.6 Å². The van der Waals surface area contributed by atoms with Gasteiger partial charge in [0.1, 0.15) is 11.5 Å². The Morgan fingerprint density at radius 3 is 0.836 bits per heavy atom. The first-order valence-electron chi connectivity index (χ1n) is 56.3. The van der Waals surface area contributed by atoms with Crippen LogP contribution in [0.1, 0.15) is 442 Å². The SMILES string of the molecule is CCCCCCC(CCCC)CN1C(=O)c2c(Br)sc(Br)c2C1=O.CCCCCCC(CCCC)COc1c2c[c]([Sn]([CH3])([CH3])[CH3])sc2cc2c(OCC(CCCC)CCCCCC)c3c[c]([Sn]([CH3])([CH3])[CH3])sc3cc12.CCCCCCC(CCCC)COc1c2cc(C)sc2cc2c(OCC(CCCC)CCCCCC)c3cc(-c4sc(C)c5c4C(=O)N(CC(CCCC)CCCCCC)C5=O)sc3cc12. The van der Waals surface area contributed by atoms with E-state index < -0.39 is 36.8 Å². The maximum atomic E-state index is 14.6. The van der Waals surface area contributed by atoms with Gasteiger partial charge in [0.15, 0.2) is 0 Å². The second-order valence-corrected chi connectivity index (χ2v) is 84.1. The minimum atomic E-state index is -2.32. The van der Waals surface area contributed by atoms with Gasteiger partial charge in [-0.05, 0) is 145 Å². The zero-order valence-corrected chi connectivity index (χ0v) is 104. The van der Waals surface area contributed by atoms with Crippen molar-refractivity contribution >= 4 is 228 Å². The van der Waals surface area contributed by atoms with Crippen molar-refractivity contribution in [2.75, 3.05) is 39.5 Å². The number of hydrogen-bond acceptors (Lipinski definition) is 14. The summed E-state index contributed by atoms with van der Waals surface area (Å²) in [6.45, 7) is 35.7. The molecule has 8 heterocycles. The number of ether oxygens (including phenoxy) is 4. The summed E-state index contributed by atoms with van der Waals surface area (Å²) in [6, 6.07) is 19.4. The molecule has 0 fully saturated rings. The molecule has 10 aromatic rings. The van der Waals surface area contributed by atoms with Gasteiger partial charge >= 0.3 is 313 Å². The van der Waals surface area contributed by atoms with E-state index in [0.29, 0.717) is 77.5 Å². The molecule has 0 radical (unpaired) electrons. The number of rotatable bonds is 67. The van der Waals surface area contributed by atoms with Crippen molar-refractivity contribution in [2.45, 2.75) is 435 Å². The molecule has 0 bridgehead atoms. The van der Waals surface area contributed by atoms with Gasteiger partial charge in [0.05, 0.1) is 47.9 Å². The van der Waals surface area contributed by atoms with Gasteiger partial charge in [0, 0.05) is 58.7 Å². The molecule has 4 aromatic carbocycles. The van der Waals surface area contributed by atoms with E-state index >= 15 is 0 Å². The van der Waals surface area contributed by atoms with E-state index in [9.17, 15) is 19.2 Å². The molecule has 6 unspecified atom stereocenters. The zero-order valence-electron chi connectivity index (χ0n) is 90.6. The van der Waals surface area contributed by atoms with Crippen molar-refractivity contribution < 1.29 is 38.1 Å². The van der Waals surface area contributed by atoms with Gasteiger partial charge in [-0.3, -0.25) is 29.0 Å². The molecule has 12 rings (SSSR count). The van der Waals surface area contributed by atoms with E-state index in [2.05, 4.69) is 200 Å². The molecule has 0 saturated heterocycles. The molecule has 140 heavy (non-hydrogen) atoms. The Morgan fingerprint density at radius 2 is 0.529 bits per heavy atom. The van der Waals surface area contributed by atoms with Crippen LogP contribution in [0.4, 0.5) is 0 Å². The Hall–Kier alpha value is -3.32. The third kappa shape index (κ3) is 33.3. The Bertz CT molecular complexity index is 5330. The minimum Gasteiger partial charge on any atom is -0.492 e. The van der Waals surface area contributed by atoms with Crippen LogP contribution in [0.15, 0.2) is 56.1 Å². The van der Waals surface area contributed by atoms with Crippen molar-refractivity contribution in [3.8, 4) is 32.8 Å². The average Bonchev–Trinajstić information content (AvgIpc) is 1.56. The van der Waals surface area contributed by atoms with Gasteiger partial charge in [-0.25, -0.2) is 0 Å². The van der Waals surface area contributed by atoms with E-state index in [1.165, 1.54) is 313 Å². The van der Waals surface area contributed by atoms with Crippen molar-refractivity contribution in [3.05, 3.63) is 88.1 Å². The monoisotopic (exact) mass is 2370 g/mol. The molecule has 778 valence electrons. The third-order valence-electron chi connectivity index (χ3n) is 29.6. The van der Waals surface area contributed by atoms with Crippen LogP contribution in [0.5, 0.6) is 23.0 Å². The van der Waals surface area contributed by atoms with Gasteiger partial charge in [-0.1, -0.05) is 223 Å². The summed E-state index contributed by atoms with van der Waals surface area (Å²) in [5.74, 6) is 6.72. The van der Waals surface area contributed by atoms with Gasteiger partial charge in [-0.2, -0.15) is 0 Å². The number of thiophene rings is 6. The first-order valence-corrected chi connectivity index (χ1v) is 82.8. The van der Waals surface area contributed by atoms with E-state index in [1.54, 1.807) is 33.4 Å². The fraction of sp³-hybridized carbons (Fsp3) is 0.667. The van der Waals surface area contributed by atoms with Crippen LogP contribution in [0.25, 0.3) is 71.6 Å². The van der Waals surface area contributed by atoms with Crippen molar-refractivity contribution in [3.63, 3.8) is 0 Å². The third-order valence-corrected chi connectivity index (χ3v) is 56.5. The van der Waals surface area contributed by atoms with Crippen LogP contribution >= 0.6 is 99.9 Å². The minimum absolute atomic E-state index is 0.0993. The molecule has 4 amide bonds. The van der Waals surface area contributed by atoms with Gasteiger partial charge in [0.2, 0.25) is 0 Å². The predicted molar refractivity (Wildman–Crippen MR) is 631 cm³/mol. The fourth-order valence-corrected chi connectivity index (χ4v) is 40.0. The maximum Gasteiger partial charge on any atom is 0.263 e. The number of halogens is 2. The summed E-state index contributed by atoms with van der Waals surface area (Å²) in [6.07, 6.45) is 59.2. The van der Waals surface area contributed by atoms with Gasteiger partial charge in [-0.15, -0.1) is 45.3 Å². The second-order valence-electron chi connectivity index (χ2n) is 43.8. The molecule has 20 heteroatoms. The average molecular weight is 2370 g/mol. The van der Waals surface area contributed by atoms with Crippen LogP contribution in [-0.4, -0.2) is 110 Å². The number of unbranched alkanes of at least 4 members (excludes halogenated alkanes) is 24. The van der Waals surface area contributed by atoms with E-state index in [1.807, 2.05) is 40.9 Å². The molecule has 2 aliphatic rings. The molecular formula is C120H182Br2N2O8S6Sn2. The Balaban J connectivity index is 0.000000239. The first kappa shape index (κ1) is 119. The summed E-state index contributed by atoms with van der Waals surface area (Å²) >= 11 is 12.9. The molecule has 10 nitrogen and oxygen atoms in total. The topological polar surface area (TPSA) is 112 Å². The number of benzene rings is 4. The van der Waals surface area contributed by atoms with Crippen LogP contribution in [0.2, 0.25) is 29.6 Å². The Kier molecular flexibility index (Phi) is 51.7. The largest absolute Gasteiger partial charge is 0.492 e. The molecule has 0 aliphatic carbocycles. The number of imide groups is 2. The van der Waals surface area contributed by atoms with Gasteiger partial charge < -0.3 is 9.47 Å². The van der Waals surface area contributed by atoms with Crippen LogP contribution in [0.3, 0.4) is 0 Å². The number of carbonyl (C=O) groups is 4. The number of hydrogen-bond donors (Lipinski definition) is 0. The fourth-order valence-electron chi connectivity index (χ4n) is 20.9. The van der Waals surface area contributed by atoms with Crippen molar-refractivity contribution in [2.24, 2.45) is 35.5 Å². The Morgan fingerprint density at radius 1 is 0.271 bits per heavy atom. The Labute approximate surface area is 897 Å². The first-order chi connectivity index (χ1) is 67.6. The summed E-state index contributed by atoms with van der Waals surface area (Å²) in [4.78, 5) is 76.8. The maximum absolute atomic E-state index is 14.6. The molecule has 6 aromatic heterocycles.